The van der Waals surface area contributed by atoms with Crippen LogP contribution in [0.3, 0.4) is 0 Å². The summed E-state index contributed by atoms with van der Waals surface area (Å²) in [5, 5.41) is 8.56. The van der Waals surface area contributed by atoms with Gasteiger partial charge in [0.15, 0.2) is 0 Å². The van der Waals surface area contributed by atoms with Crippen molar-refractivity contribution in [2.75, 3.05) is 0 Å². The second-order valence-corrected chi connectivity index (χ2v) is 4.92. The zero-order valence-electron chi connectivity index (χ0n) is 10.2. The Morgan fingerprint density at radius 1 is 1.14 bits per heavy atom. The van der Waals surface area contributed by atoms with Crippen LogP contribution in [0.25, 0.3) is 0 Å². The molecular weight excluding hydrogens is 310 g/mol. The number of nitrogens with zero attached hydrogens (tertiary/aromatic N) is 1. The molecule has 0 aliphatic rings. The third-order valence-corrected chi connectivity index (χ3v) is 3.48. The molecule has 0 saturated carbocycles. The van der Waals surface area contributed by atoms with Crippen molar-refractivity contribution in [2.45, 2.75) is 16.1 Å². The number of carboxylic acids is 1. The molecule has 0 amide bonds. The van der Waals surface area contributed by atoms with Gasteiger partial charge in [0.05, 0.1) is 5.56 Å². The molecule has 2 rings (SSSR count). The van der Waals surface area contributed by atoms with E-state index < -0.39 is 34.2 Å². The van der Waals surface area contributed by atoms with Gasteiger partial charge in [-0.05, 0) is 24.3 Å². The maximum Gasteiger partial charge on any atom is 0.433 e. The molecule has 0 aliphatic heterocycles. The molecule has 0 radical (unpaired) electrons. The summed E-state index contributed by atoms with van der Waals surface area (Å²) < 4.78 is 51.4. The van der Waals surface area contributed by atoms with Crippen LogP contribution in [-0.2, 0) is 6.18 Å². The Hall–Kier alpha value is -2.09. The van der Waals surface area contributed by atoms with Gasteiger partial charge in [0.1, 0.15) is 16.5 Å². The number of aromatic nitrogens is 1. The summed E-state index contributed by atoms with van der Waals surface area (Å²) in [6, 6.07) is 6.73. The van der Waals surface area contributed by atoms with Gasteiger partial charge >= 0.3 is 12.1 Å². The van der Waals surface area contributed by atoms with Gasteiger partial charge < -0.3 is 5.11 Å². The van der Waals surface area contributed by atoms with Crippen molar-refractivity contribution in [3.05, 3.63) is 53.5 Å². The maximum absolute atomic E-state index is 13.5. The summed E-state index contributed by atoms with van der Waals surface area (Å²) in [6.45, 7) is 0. The second-order valence-electron chi connectivity index (χ2n) is 3.88. The van der Waals surface area contributed by atoms with E-state index in [0.29, 0.717) is 17.8 Å². The molecule has 21 heavy (non-hydrogen) atoms. The Kier molecular flexibility index (Phi) is 4.17. The van der Waals surface area contributed by atoms with Crippen LogP contribution in [0.1, 0.15) is 16.1 Å². The van der Waals surface area contributed by atoms with E-state index in [1.54, 1.807) is 0 Å². The highest BCUT2D eigenvalue weighted by atomic mass is 32.2. The van der Waals surface area contributed by atoms with Crippen molar-refractivity contribution < 1.29 is 27.5 Å². The fraction of sp³-hybridized carbons (Fsp3) is 0.0769. The van der Waals surface area contributed by atoms with E-state index in [0.717, 1.165) is 12.1 Å². The lowest BCUT2D eigenvalue weighted by Crippen LogP contribution is -2.11. The molecule has 1 heterocycles. The van der Waals surface area contributed by atoms with Crippen LogP contribution in [0, 0.1) is 5.82 Å². The smallest absolute Gasteiger partial charge is 0.433 e. The van der Waals surface area contributed by atoms with Crippen LogP contribution < -0.4 is 0 Å². The van der Waals surface area contributed by atoms with Crippen molar-refractivity contribution in [2.24, 2.45) is 0 Å². The van der Waals surface area contributed by atoms with Crippen LogP contribution >= 0.6 is 11.8 Å². The number of carboxylic acid groups (broad SMARTS) is 1. The first-order valence-corrected chi connectivity index (χ1v) is 6.34. The summed E-state index contributed by atoms with van der Waals surface area (Å²) in [4.78, 5) is 14.3. The summed E-state index contributed by atoms with van der Waals surface area (Å²) in [6.07, 6.45) is -4.71. The largest absolute Gasteiger partial charge is 0.478 e. The molecule has 0 bridgehead atoms. The molecule has 0 unspecified atom stereocenters. The molecular formula is C13H7F4NO2S. The SMILES string of the molecule is O=C(O)c1ccc(C(F)(F)F)nc1Sc1ccccc1F. The van der Waals surface area contributed by atoms with Gasteiger partial charge in [-0.15, -0.1) is 0 Å². The van der Waals surface area contributed by atoms with Gasteiger partial charge in [-0.25, -0.2) is 14.2 Å². The van der Waals surface area contributed by atoms with E-state index >= 15 is 0 Å². The number of rotatable bonds is 3. The lowest BCUT2D eigenvalue weighted by Gasteiger charge is -2.10. The highest BCUT2D eigenvalue weighted by molar-refractivity contribution is 7.99. The zero-order valence-corrected chi connectivity index (χ0v) is 11.0. The number of pyridine rings is 1. The molecule has 1 aromatic carbocycles. The fourth-order valence-electron chi connectivity index (χ4n) is 1.47. The fourth-order valence-corrected chi connectivity index (χ4v) is 2.40. The minimum absolute atomic E-state index is 0.00757. The zero-order chi connectivity index (χ0) is 15.6. The Balaban J connectivity index is 2.49. The molecule has 110 valence electrons. The number of alkyl halides is 3. The number of carbonyl (C=O) groups is 1. The quantitative estimate of drug-likeness (QED) is 0.866. The van der Waals surface area contributed by atoms with E-state index in [2.05, 4.69) is 4.98 Å². The minimum Gasteiger partial charge on any atom is -0.478 e. The van der Waals surface area contributed by atoms with Crippen molar-refractivity contribution >= 4 is 17.7 Å². The molecule has 1 aromatic heterocycles. The molecule has 0 saturated heterocycles. The molecule has 0 fully saturated rings. The molecule has 3 nitrogen and oxygen atoms in total. The van der Waals surface area contributed by atoms with Crippen molar-refractivity contribution in [3.8, 4) is 0 Å². The third-order valence-electron chi connectivity index (χ3n) is 2.42. The van der Waals surface area contributed by atoms with Crippen molar-refractivity contribution in [3.63, 3.8) is 0 Å². The van der Waals surface area contributed by atoms with Gasteiger partial charge in [0, 0.05) is 4.90 Å². The highest BCUT2D eigenvalue weighted by Gasteiger charge is 2.33. The van der Waals surface area contributed by atoms with Crippen LogP contribution in [-0.4, -0.2) is 16.1 Å². The molecule has 0 aliphatic carbocycles. The number of aromatic carboxylic acids is 1. The molecule has 0 atom stereocenters. The Labute approximate surface area is 120 Å². The van der Waals surface area contributed by atoms with Crippen molar-refractivity contribution in [1.29, 1.82) is 0 Å². The average molecular weight is 317 g/mol. The van der Waals surface area contributed by atoms with Gasteiger partial charge in [0.2, 0.25) is 0 Å². The molecule has 2 aromatic rings. The number of hydrogen-bond acceptors (Lipinski definition) is 3. The van der Waals surface area contributed by atoms with Gasteiger partial charge in [-0.2, -0.15) is 13.2 Å². The predicted octanol–water partition coefficient (Wildman–Crippen LogP) is 4.09. The van der Waals surface area contributed by atoms with E-state index in [1.165, 1.54) is 18.2 Å². The standard InChI is InChI=1S/C13H7F4NO2S/c14-8-3-1-2-4-9(8)21-11-7(12(19)20)5-6-10(18-11)13(15,16)17/h1-6H,(H,19,20). The third kappa shape index (κ3) is 3.52. The molecule has 8 heteroatoms. The monoisotopic (exact) mass is 317 g/mol. The van der Waals surface area contributed by atoms with Crippen LogP contribution in [0.4, 0.5) is 17.6 Å². The highest BCUT2D eigenvalue weighted by Crippen LogP contribution is 2.34. The summed E-state index contributed by atoms with van der Waals surface area (Å²) >= 11 is 0.532. The lowest BCUT2D eigenvalue weighted by atomic mass is 10.2. The second kappa shape index (κ2) is 5.72. The Bertz CT molecular complexity index is 688. The van der Waals surface area contributed by atoms with Gasteiger partial charge in [0.25, 0.3) is 0 Å². The first-order valence-electron chi connectivity index (χ1n) is 5.53. The minimum atomic E-state index is -4.71. The van der Waals surface area contributed by atoms with Gasteiger partial charge in [-0.3, -0.25) is 0 Å². The first-order chi connectivity index (χ1) is 9.79. The van der Waals surface area contributed by atoms with E-state index in [4.69, 9.17) is 5.11 Å². The average Bonchev–Trinajstić information content (AvgIpc) is 2.40. The first kappa shape index (κ1) is 15.3. The predicted molar refractivity (Wildman–Crippen MR) is 66.7 cm³/mol. The molecule has 1 N–H and O–H groups in total. The van der Waals surface area contributed by atoms with Crippen molar-refractivity contribution in [1.82, 2.24) is 4.98 Å². The summed E-state index contributed by atoms with van der Waals surface area (Å²) in [7, 11) is 0. The number of hydrogen-bond donors (Lipinski definition) is 1. The normalized spacial score (nSPS) is 11.4. The van der Waals surface area contributed by atoms with Gasteiger partial charge in [-0.1, -0.05) is 23.9 Å². The van der Waals surface area contributed by atoms with E-state index in [9.17, 15) is 22.4 Å². The number of benzene rings is 1. The summed E-state index contributed by atoms with van der Waals surface area (Å²) in [5.41, 5.74) is -1.65. The molecule has 0 spiro atoms. The van der Waals surface area contributed by atoms with Crippen LogP contribution in [0.15, 0.2) is 46.3 Å². The topological polar surface area (TPSA) is 50.2 Å². The van der Waals surface area contributed by atoms with E-state index in [-0.39, 0.29) is 4.90 Å². The lowest BCUT2D eigenvalue weighted by molar-refractivity contribution is -0.141. The Morgan fingerprint density at radius 3 is 2.38 bits per heavy atom. The Morgan fingerprint density at radius 2 is 1.81 bits per heavy atom. The number of halogens is 4. The van der Waals surface area contributed by atoms with Crippen LogP contribution in [0.2, 0.25) is 0 Å². The van der Waals surface area contributed by atoms with E-state index in [1.807, 2.05) is 0 Å². The summed E-state index contributed by atoms with van der Waals surface area (Å²) in [5.74, 6) is -2.10. The van der Waals surface area contributed by atoms with Crippen LogP contribution in [0.5, 0.6) is 0 Å². The maximum atomic E-state index is 13.5.